The average molecular weight is 452 g/mol. The molecule has 0 atom stereocenters. The molecule has 2 aromatic carbocycles. The maximum atomic E-state index is 13.2. The van der Waals surface area contributed by atoms with Crippen LogP contribution in [0.25, 0.3) is 15.9 Å². The molecule has 0 spiro atoms. The third-order valence-corrected chi connectivity index (χ3v) is 7.40. The third kappa shape index (κ3) is 3.39. The van der Waals surface area contributed by atoms with E-state index in [0.29, 0.717) is 12.4 Å². The molecule has 8 nitrogen and oxygen atoms in total. The number of thiophene rings is 1. The standard InChI is InChI=1S/C21H17N5O3S2/c1-29-15-7-5-6-14(12-15)13-22-19-18-17(10-11-30-18)26-20(23-19)21(24-25-26)31(27,28)16-8-3-2-4-9-16/h2-12H,13H2,1H3,(H,22,23). The first-order valence-corrected chi connectivity index (χ1v) is 11.7. The summed E-state index contributed by atoms with van der Waals surface area (Å²) >= 11 is 1.50. The zero-order chi connectivity index (χ0) is 21.4. The van der Waals surface area contributed by atoms with Gasteiger partial charge in [-0.3, -0.25) is 0 Å². The average Bonchev–Trinajstić information content (AvgIpc) is 3.45. The largest absolute Gasteiger partial charge is 0.497 e. The van der Waals surface area contributed by atoms with E-state index < -0.39 is 9.84 Å². The van der Waals surface area contributed by atoms with Crippen LogP contribution in [0.5, 0.6) is 5.75 Å². The van der Waals surface area contributed by atoms with E-state index in [0.717, 1.165) is 21.5 Å². The molecule has 0 aliphatic rings. The van der Waals surface area contributed by atoms with Gasteiger partial charge in [0.25, 0.3) is 0 Å². The topological polar surface area (TPSA) is 98.5 Å². The number of sulfone groups is 1. The lowest BCUT2D eigenvalue weighted by molar-refractivity contribution is 0.414. The molecule has 0 unspecified atom stereocenters. The fourth-order valence-corrected chi connectivity index (χ4v) is 5.39. The first-order valence-electron chi connectivity index (χ1n) is 9.37. The van der Waals surface area contributed by atoms with E-state index in [9.17, 15) is 8.42 Å². The summed E-state index contributed by atoms with van der Waals surface area (Å²) in [6, 6.07) is 17.7. The minimum Gasteiger partial charge on any atom is -0.497 e. The van der Waals surface area contributed by atoms with Gasteiger partial charge in [-0.15, -0.1) is 16.4 Å². The van der Waals surface area contributed by atoms with Crippen LogP contribution in [-0.4, -0.2) is 35.3 Å². The number of benzene rings is 2. The number of fused-ring (bicyclic) bond motifs is 3. The van der Waals surface area contributed by atoms with Crippen LogP contribution >= 0.6 is 11.3 Å². The van der Waals surface area contributed by atoms with Gasteiger partial charge in [0.2, 0.25) is 14.9 Å². The van der Waals surface area contributed by atoms with Crippen molar-refractivity contribution < 1.29 is 13.2 Å². The predicted molar refractivity (Wildman–Crippen MR) is 118 cm³/mol. The van der Waals surface area contributed by atoms with Crippen LogP contribution in [0, 0.1) is 0 Å². The quantitative estimate of drug-likeness (QED) is 0.419. The number of hydrogen-bond donors (Lipinski definition) is 1. The number of rotatable bonds is 6. The Labute approximate surface area is 182 Å². The molecular formula is C21H17N5O3S2. The number of nitrogens with zero attached hydrogens (tertiary/aromatic N) is 4. The summed E-state index contributed by atoms with van der Waals surface area (Å²) in [5, 5.41) is 13.1. The monoisotopic (exact) mass is 451 g/mol. The fraction of sp³-hybridized carbons (Fsp3) is 0.0952. The Hall–Kier alpha value is -3.50. The molecular weight excluding hydrogens is 434 g/mol. The van der Waals surface area contributed by atoms with Crippen LogP contribution in [0.15, 0.2) is 76.0 Å². The molecule has 0 amide bonds. The fourth-order valence-electron chi connectivity index (χ4n) is 3.30. The minimum atomic E-state index is -3.86. The second-order valence-corrected chi connectivity index (χ2v) is 9.53. The maximum absolute atomic E-state index is 13.2. The smallest absolute Gasteiger partial charge is 0.229 e. The lowest BCUT2D eigenvalue weighted by Gasteiger charge is -2.09. The first-order chi connectivity index (χ1) is 15.1. The number of ether oxygens (including phenoxy) is 1. The van der Waals surface area contributed by atoms with Gasteiger partial charge in [0, 0.05) is 6.54 Å². The van der Waals surface area contributed by atoms with Crippen molar-refractivity contribution in [2.24, 2.45) is 0 Å². The van der Waals surface area contributed by atoms with Gasteiger partial charge in [-0.05, 0) is 41.3 Å². The highest BCUT2D eigenvalue weighted by Gasteiger charge is 2.27. The van der Waals surface area contributed by atoms with E-state index in [4.69, 9.17) is 4.74 Å². The number of aromatic nitrogens is 4. The van der Waals surface area contributed by atoms with Gasteiger partial charge in [-0.25, -0.2) is 13.4 Å². The molecule has 0 saturated carbocycles. The summed E-state index contributed by atoms with van der Waals surface area (Å²) in [7, 11) is -2.24. The Kier molecular flexibility index (Phi) is 4.79. The summed E-state index contributed by atoms with van der Waals surface area (Å²) in [6.07, 6.45) is 0. The number of nitrogens with one attached hydrogen (secondary N) is 1. The highest BCUT2D eigenvalue weighted by Crippen LogP contribution is 2.31. The molecule has 5 rings (SSSR count). The molecule has 0 fully saturated rings. The zero-order valence-electron chi connectivity index (χ0n) is 16.4. The number of anilines is 1. The van der Waals surface area contributed by atoms with Crippen LogP contribution in [-0.2, 0) is 16.4 Å². The van der Waals surface area contributed by atoms with Crippen molar-refractivity contribution in [3.05, 3.63) is 71.6 Å². The van der Waals surface area contributed by atoms with Crippen molar-refractivity contribution in [2.75, 3.05) is 12.4 Å². The molecule has 3 heterocycles. The van der Waals surface area contributed by atoms with E-state index in [1.54, 1.807) is 25.3 Å². The summed E-state index contributed by atoms with van der Waals surface area (Å²) in [5.74, 6) is 1.34. The molecule has 1 N–H and O–H groups in total. The lowest BCUT2D eigenvalue weighted by atomic mass is 10.2. The van der Waals surface area contributed by atoms with Gasteiger partial charge in [-0.2, -0.15) is 4.52 Å². The SMILES string of the molecule is COc1cccc(CNc2nc3c(S(=O)(=O)c4ccccc4)nnn3c3ccsc23)c1. The molecule has 0 aliphatic heterocycles. The summed E-state index contributed by atoms with van der Waals surface area (Å²) in [4.78, 5) is 4.76. The van der Waals surface area contributed by atoms with Crippen molar-refractivity contribution in [2.45, 2.75) is 16.5 Å². The summed E-state index contributed by atoms with van der Waals surface area (Å²) in [5.41, 5.74) is 1.93. The van der Waals surface area contributed by atoms with Gasteiger partial charge in [0.05, 0.1) is 22.2 Å². The van der Waals surface area contributed by atoms with Crippen molar-refractivity contribution in [3.63, 3.8) is 0 Å². The van der Waals surface area contributed by atoms with Gasteiger partial charge < -0.3 is 10.1 Å². The highest BCUT2D eigenvalue weighted by molar-refractivity contribution is 7.91. The van der Waals surface area contributed by atoms with E-state index >= 15 is 0 Å². The van der Waals surface area contributed by atoms with Crippen LogP contribution in [0.4, 0.5) is 5.82 Å². The Bertz CT molecular complexity index is 1490. The Morgan fingerprint density at radius 2 is 1.94 bits per heavy atom. The van der Waals surface area contributed by atoms with Crippen LogP contribution < -0.4 is 10.1 Å². The van der Waals surface area contributed by atoms with Crippen molar-refractivity contribution in [1.29, 1.82) is 0 Å². The second-order valence-electron chi connectivity index (χ2n) is 6.75. The van der Waals surface area contributed by atoms with E-state index in [2.05, 4.69) is 20.6 Å². The zero-order valence-corrected chi connectivity index (χ0v) is 18.0. The lowest BCUT2D eigenvalue weighted by Crippen LogP contribution is -2.06. The predicted octanol–water partition coefficient (Wildman–Crippen LogP) is 3.79. The Morgan fingerprint density at radius 1 is 1.10 bits per heavy atom. The third-order valence-electron chi connectivity index (χ3n) is 4.82. The molecule has 0 bridgehead atoms. The summed E-state index contributed by atoms with van der Waals surface area (Å²) < 4.78 is 33.9. The minimum absolute atomic E-state index is 0.149. The molecule has 0 radical (unpaired) electrons. The van der Waals surface area contributed by atoms with Gasteiger partial charge in [-0.1, -0.05) is 35.5 Å². The maximum Gasteiger partial charge on any atom is 0.229 e. The second kappa shape index (κ2) is 7.64. The Morgan fingerprint density at radius 3 is 2.74 bits per heavy atom. The number of hydrogen-bond acceptors (Lipinski definition) is 8. The van der Waals surface area contributed by atoms with Crippen LogP contribution in [0.1, 0.15) is 5.56 Å². The molecule has 156 valence electrons. The summed E-state index contributed by atoms with van der Waals surface area (Å²) in [6.45, 7) is 0.496. The van der Waals surface area contributed by atoms with Gasteiger partial charge in [0.15, 0.2) is 5.65 Å². The molecule has 3 aromatic heterocycles. The van der Waals surface area contributed by atoms with Gasteiger partial charge in [0.1, 0.15) is 11.6 Å². The molecule has 0 aliphatic carbocycles. The number of methoxy groups -OCH3 is 1. The first kappa shape index (κ1) is 19.5. The van der Waals surface area contributed by atoms with E-state index in [-0.39, 0.29) is 15.6 Å². The molecule has 31 heavy (non-hydrogen) atoms. The van der Waals surface area contributed by atoms with E-state index in [1.165, 1.54) is 28.0 Å². The molecule has 5 aromatic rings. The van der Waals surface area contributed by atoms with Gasteiger partial charge >= 0.3 is 0 Å². The van der Waals surface area contributed by atoms with Crippen molar-refractivity contribution in [1.82, 2.24) is 19.8 Å². The highest BCUT2D eigenvalue weighted by atomic mass is 32.2. The van der Waals surface area contributed by atoms with Crippen LogP contribution in [0.3, 0.4) is 0 Å². The molecule has 10 heteroatoms. The van der Waals surface area contributed by atoms with Crippen molar-refractivity contribution >= 4 is 42.9 Å². The molecule has 0 saturated heterocycles. The normalized spacial score (nSPS) is 11.8. The van der Waals surface area contributed by atoms with Crippen LogP contribution in [0.2, 0.25) is 0 Å². The Balaban J connectivity index is 1.60. The van der Waals surface area contributed by atoms with E-state index in [1.807, 2.05) is 35.7 Å². The van der Waals surface area contributed by atoms with Crippen molar-refractivity contribution in [3.8, 4) is 5.75 Å².